The van der Waals surface area contributed by atoms with Crippen LogP contribution in [0.1, 0.15) is 36.8 Å². The van der Waals surface area contributed by atoms with Crippen LogP contribution in [-0.2, 0) is 21.2 Å². The number of hydrogen-bond donors (Lipinski definition) is 1. The molecular formula is C25H32N4O3S. The number of amidine groups is 1. The molecule has 8 heteroatoms. The van der Waals surface area contributed by atoms with Crippen LogP contribution in [0.3, 0.4) is 0 Å². The summed E-state index contributed by atoms with van der Waals surface area (Å²) in [5, 5.41) is 0. The fraction of sp³-hybridized carbons (Fsp3) is 0.440. The monoisotopic (exact) mass is 468 g/mol. The second kappa shape index (κ2) is 10.9. The van der Waals surface area contributed by atoms with Gasteiger partial charge in [0.05, 0.1) is 4.90 Å². The lowest BCUT2D eigenvalue weighted by atomic mass is 10.1. The molecule has 2 heterocycles. The number of carbonyl (C=O) groups is 1. The summed E-state index contributed by atoms with van der Waals surface area (Å²) in [5.41, 5.74) is 1.99. The normalized spacial score (nSPS) is 18.8. The zero-order valence-electron chi connectivity index (χ0n) is 18.9. The number of nitrogens with zero attached hydrogens (tertiary/aromatic N) is 3. The lowest BCUT2D eigenvalue weighted by Gasteiger charge is -2.34. The molecule has 2 aromatic rings. The molecule has 1 saturated heterocycles. The number of piperazine rings is 1. The molecule has 0 unspecified atom stereocenters. The van der Waals surface area contributed by atoms with Crippen molar-refractivity contribution in [2.45, 2.75) is 37.0 Å². The summed E-state index contributed by atoms with van der Waals surface area (Å²) < 4.78 is 26.7. The molecule has 0 atom stereocenters. The number of hydrogen-bond acceptors (Lipinski definition) is 5. The molecular weight excluding hydrogens is 436 g/mol. The maximum atomic E-state index is 12.5. The Morgan fingerprint density at radius 3 is 2.42 bits per heavy atom. The van der Waals surface area contributed by atoms with Crippen LogP contribution in [0, 0.1) is 0 Å². The summed E-state index contributed by atoms with van der Waals surface area (Å²) in [4.78, 5) is 21.7. The Labute approximate surface area is 196 Å². The molecule has 7 nitrogen and oxygen atoms in total. The van der Waals surface area contributed by atoms with E-state index >= 15 is 0 Å². The van der Waals surface area contributed by atoms with Crippen molar-refractivity contribution in [2.75, 3.05) is 39.3 Å². The van der Waals surface area contributed by atoms with Gasteiger partial charge < -0.3 is 4.90 Å². The second-order valence-corrected chi connectivity index (χ2v) is 10.3. The van der Waals surface area contributed by atoms with Crippen LogP contribution in [0.15, 0.2) is 64.5 Å². The van der Waals surface area contributed by atoms with Gasteiger partial charge in [0.2, 0.25) is 5.91 Å². The Hall–Kier alpha value is -2.71. The highest BCUT2D eigenvalue weighted by molar-refractivity contribution is 7.90. The Bertz CT molecular complexity index is 1080. The van der Waals surface area contributed by atoms with Crippen molar-refractivity contribution in [3.8, 4) is 0 Å². The molecule has 1 amide bonds. The van der Waals surface area contributed by atoms with E-state index in [-0.39, 0.29) is 10.8 Å². The van der Waals surface area contributed by atoms with Gasteiger partial charge in [-0.25, -0.2) is 8.42 Å². The highest BCUT2D eigenvalue weighted by Gasteiger charge is 2.29. The van der Waals surface area contributed by atoms with Gasteiger partial charge in [-0.2, -0.15) is 0 Å². The predicted octanol–water partition coefficient (Wildman–Crippen LogP) is 2.67. The number of sulfonamides is 1. The van der Waals surface area contributed by atoms with Crippen LogP contribution in [0.5, 0.6) is 0 Å². The smallest absolute Gasteiger partial charge is 0.263 e. The Balaban J connectivity index is 1.11. The third kappa shape index (κ3) is 6.21. The maximum absolute atomic E-state index is 12.5. The molecule has 2 aromatic carbocycles. The van der Waals surface area contributed by atoms with Crippen molar-refractivity contribution in [2.24, 2.45) is 4.99 Å². The van der Waals surface area contributed by atoms with Gasteiger partial charge in [-0.15, -0.1) is 0 Å². The molecule has 33 heavy (non-hydrogen) atoms. The van der Waals surface area contributed by atoms with E-state index in [4.69, 9.17) is 0 Å². The van der Waals surface area contributed by atoms with Crippen molar-refractivity contribution in [3.05, 3.63) is 65.7 Å². The summed E-state index contributed by atoms with van der Waals surface area (Å²) >= 11 is 0. The fourth-order valence-electron chi connectivity index (χ4n) is 4.32. The quantitative estimate of drug-likeness (QED) is 0.574. The van der Waals surface area contributed by atoms with E-state index in [2.05, 4.69) is 38.9 Å². The molecule has 0 radical (unpaired) electrons. The van der Waals surface area contributed by atoms with Crippen LogP contribution in [-0.4, -0.2) is 69.2 Å². The van der Waals surface area contributed by atoms with Crippen LogP contribution in [0.4, 0.5) is 0 Å². The van der Waals surface area contributed by atoms with Gasteiger partial charge in [0.15, 0.2) is 0 Å². The lowest BCUT2D eigenvalue weighted by molar-refractivity contribution is -0.133. The zero-order valence-corrected chi connectivity index (χ0v) is 19.8. The van der Waals surface area contributed by atoms with Crippen molar-refractivity contribution in [1.29, 1.82) is 0 Å². The standard InChI is InChI=1S/C25H32N4O3S/c30-24(29-19-17-28(18-20-29)16-14-21-9-3-1-4-10-21)13-5-2-8-15-26-25-22-11-6-7-12-23(22)33(31,32)27-25/h1,3-4,6-7,9-12H,2,5,8,13-20H2,(H,26,27). The van der Waals surface area contributed by atoms with E-state index in [1.165, 1.54) is 5.56 Å². The van der Waals surface area contributed by atoms with Gasteiger partial charge >= 0.3 is 0 Å². The zero-order chi connectivity index (χ0) is 23.1. The molecule has 0 bridgehead atoms. The third-order valence-electron chi connectivity index (χ3n) is 6.27. The van der Waals surface area contributed by atoms with Gasteiger partial charge in [0.25, 0.3) is 10.0 Å². The fourth-order valence-corrected chi connectivity index (χ4v) is 5.57. The SMILES string of the molecule is O=C(CCCCCN=C1NS(=O)(=O)c2ccccc21)N1CCN(CCc2ccccc2)CC1. The minimum Gasteiger partial charge on any atom is -0.340 e. The molecule has 1 fully saturated rings. The lowest BCUT2D eigenvalue weighted by Crippen LogP contribution is -2.49. The molecule has 0 aromatic heterocycles. The van der Waals surface area contributed by atoms with Crippen LogP contribution >= 0.6 is 0 Å². The number of rotatable bonds is 9. The van der Waals surface area contributed by atoms with Gasteiger partial charge in [0, 0.05) is 51.3 Å². The molecule has 2 aliphatic rings. The molecule has 0 spiro atoms. The Morgan fingerprint density at radius 1 is 0.909 bits per heavy atom. The summed E-state index contributed by atoms with van der Waals surface area (Å²) in [6.45, 7) is 5.07. The third-order valence-corrected chi connectivity index (χ3v) is 7.66. The molecule has 4 rings (SSSR count). The Morgan fingerprint density at radius 2 is 1.64 bits per heavy atom. The minimum absolute atomic E-state index is 0.238. The van der Waals surface area contributed by atoms with Gasteiger partial charge in [0.1, 0.15) is 5.84 Å². The molecule has 176 valence electrons. The van der Waals surface area contributed by atoms with Gasteiger partial charge in [-0.3, -0.25) is 19.4 Å². The number of nitrogens with one attached hydrogen (secondary N) is 1. The van der Waals surface area contributed by atoms with E-state index in [1.807, 2.05) is 17.0 Å². The van der Waals surface area contributed by atoms with E-state index in [0.29, 0.717) is 24.4 Å². The average Bonchev–Trinajstić information content (AvgIpc) is 3.11. The van der Waals surface area contributed by atoms with E-state index in [0.717, 1.165) is 58.4 Å². The first-order chi connectivity index (χ1) is 16.0. The summed E-state index contributed by atoms with van der Waals surface area (Å²) in [5.74, 6) is 0.660. The average molecular weight is 469 g/mol. The topological polar surface area (TPSA) is 82.1 Å². The molecule has 0 saturated carbocycles. The molecule has 2 aliphatic heterocycles. The number of unbranched alkanes of at least 4 members (excludes halogenated alkanes) is 2. The summed E-state index contributed by atoms with van der Waals surface area (Å²) in [7, 11) is -3.48. The van der Waals surface area contributed by atoms with Crippen molar-refractivity contribution >= 4 is 21.8 Å². The summed E-state index contributed by atoms with van der Waals surface area (Å²) in [6.07, 6.45) is 4.17. The van der Waals surface area contributed by atoms with Crippen LogP contribution in [0.25, 0.3) is 0 Å². The number of fused-ring (bicyclic) bond motifs is 1. The highest BCUT2D eigenvalue weighted by atomic mass is 32.2. The number of amides is 1. The minimum atomic E-state index is -3.48. The first kappa shape index (κ1) is 23.4. The second-order valence-electron chi connectivity index (χ2n) is 8.60. The predicted molar refractivity (Wildman–Crippen MR) is 130 cm³/mol. The number of carbonyl (C=O) groups excluding carboxylic acids is 1. The number of aliphatic imine (C=N–C) groups is 1. The number of benzene rings is 2. The molecule has 1 N–H and O–H groups in total. The maximum Gasteiger partial charge on any atom is 0.263 e. The van der Waals surface area contributed by atoms with E-state index in [1.54, 1.807) is 18.2 Å². The van der Waals surface area contributed by atoms with Crippen LogP contribution in [0.2, 0.25) is 0 Å². The summed E-state index contributed by atoms with van der Waals surface area (Å²) in [6, 6.07) is 17.4. The largest absolute Gasteiger partial charge is 0.340 e. The van der Waals surface area contributed by atoms with Gasteiger partial charge in [-0.1, -0.05) is 48.9 Å². The first-order valence-corrected chi connectivity index (χ1v) is 13.2. The Kier molecular flexibility index (Phi) is 7.77. The van der Waals surface area contributed by atoms with Crippen molar-refractivity contribution < 1.29 is 13.2 Å². The highest BCUT2D eigenvalue weighted by Crippen LogP contribution is 2.22. The van der Waals surface area contributed by atoms with Crippen LogP contribution < -0.4 is 4.72 Å². The van der Waals surface area contributed by atoms with E-state index in [9.17, 15) is 13.2 Å². The molecule has 0 aliphatic carbocycles. The first-order valence-electron chi connectivity index (χ1n) is 11.7. The van der Waals surface area contributed by atoms with Gasteiger partial charge in [-0.05, 0) is 37.0 Å². The van der Waals surface area contributed by atoms with Crippen molar-refractivity contribution in [3.63, 3.8) is 0 Å². The van der Waals surface area contributed by atoms with Crippen molar-refractivity contribution in [1.82, 2.24) is 14.5 Å². The van der Waals surface area contributed by atoms with E-state index < -0.39 is 10.0 Å².